The number of aliphatic hydroxyl groups excluding tert-OH is 1. The largest absolute Gasteiger partial charge is 0.481 e. The van der Waals surface area contributed by atoms with Crippen LogP contribution in [0.25, 0.3) is 11.0 Å². The maximum Gasteiger partial charge on any atom is 0.303 e. The van der Waals surface area contributed by atoms with Gasteiger partial charge in [-0.3, -0.25) is 9.59 Å². The van der Waals surface area contributed by atoms with Gasteiger partial charge in [0.25, 0.3) is 5.91 Å². The Labute approximate surface area is 209 Å². The van der Waals surface area contributed by atoms with Crippen molar-refractivity contribution < 1.29 is 19.8 Å². The van der Waals surface area contributed by atoms with Crippen molar-refractivity contribution in [3.8, 4) is 0 Å². The van der Waals surface area contributed by atoms with Crippen molar-refractivity contribution in [3.63, 3.8) is 0 Å². The average Bonchev–Trinajstić information content (AvgIpc) is 3.42. The van der Waals surface area contributed by atoms with Gasteiger partial charge in [-0.2, -0.15) is 0 Å². The number of carbonyl (C=O) groups is 2. The number of imidazole rings is 1. The maximum absolute atomic E-state index is 13.1. The molecule has 7 nitrogen and oxygen atoms in total. The number of aromatic nitrogens is 2. The lowest BCUT2D eigenvalue weighted by Gasteiger charge is -2.18. The van der Waals surface area contributed by atoms with Crippen LogP contribution in [-0.2, 0) is 10.3 Å². The van der Waals surface area contributed by atoms with E-state index in [1.807, 2.05) is 66.7 Å². The summed E-state index contributed by atoms with van der Waals surface area (Å²) in [7, 11) is 0. The molecule has 7 heteroatoms. The number of aliphatic carboxylic acids is 1. The number of fused-ring (bicyclic) bond motifs is 1. The molecule has 4 aromatic rings. The van der Waals surface area contributed by atoms with Crippen LogP contribution in [0.3, 0.4) is 0 Å². The molecule has 1 amide bonds. The number of H-pyrrole nitrogens is 1. The van der Waals surface area contributed by atoms with E-state index in [1.165, 1.54) is 0 Å². The molecule has 1 saturated carbocycles. The van der Waals surface area contributed by atoms with E-state index >= 15 is 0 Å². The number of unbranched alkanes of at least 4 members (excludes halogenated alkanes) is 1. The number of nitrogens with zero attached hydrogens (tertiary/aromatic N) is 1. The number of amides is 1. The molecule has 1 heterocycles. The zero-order chi connectivity index (χ0) is 25.1. The second-order valence-corrected chi connectivity index (χ2v) is 9.51. The van der Waals surface area contributed by atoms with Crippen LogP contribution in [-0.4, -0.2) is 32.1 Å². The first-order chi connectivity index (χ1) is 17.5. The fraction of sp³-hybridized carbons (Fsp3) is 0.276. The van der Waals surface area contributed by atoms with Crippen molar-refractivity contribution in [2.45, 2.75) is 43.7 Å². The summed E-state index contributed by atoms with van der Waals surface area (Å²) in [6.45, 7) is 0. The van der Waals surface area contributed by atoms with Crippen molar-refractivity contribution in [1.82, 2.24) is 15.3 Å². The van der Waals surface area contributed by atoms with E-state index in [1.54, 1.807) is 12.1 Å². The van der Waals surface area contributed by atoms with Crippen molar-refractivity contribution in [3.05, 3.63) is 101 Å². The van der Waals surface area contributed by atoms with E-state index in [2.05, 4.69) is 10.3 Å². The van der Waals surface area contributed by atoms with Crippen molar-refractivity contribution in [1.29, 1.82) is 0 Å². The number of hydrogen-bond acceptors (Lipinski definition) is 4. The highest BCUT2D eigenvalue weighted by Gasteiger charge is 2.58. The van der Waals surface area contributed by atoms with Gasteiger partial charge < -0.3 is 20.5 Å². The summed E-state index contributed by atoms with van der Waals surface area (Å²) in [4.78, 5) is 32.2. The minimum absolute atomic E-state index is 0.146. The van der Waals surface area contributed by atoms with Gasteiger partial charge in [0, 0.05) is 12.0 Å². The molecule has 0 saturated heterocycles. The Hall–Kier alpha value is -3.97. The Balaban J connectivity index is 1.41. The molecule has 3 atom stereocenters. The Kier molecular flexibility index (Phi) is 6.57. The predicted molar refractivity (Wildman–Crippen MR) is 136 cm³/mol. The van der Waals surface area contributed by atoms with Crippen LogP contribution in [0.4, 0.5) is 0 Å². The van der Waals surface area contributed by atoms with Gasteiger partial charge in [0.15, 0.2) is 0 Å². The molecular weight excluding hydrogens is 454 g/mol. The maximum atomic E-state index is 13.1. The van der Waals surface area contributed by atoms with Crippen molar-refractivity contribution in [2.75, 3.05) is 0 Å². The number of carbonyl (C=O) groups excluding carboxylic acids is 1. The van der Waals surface area contributed by atoms with Gasteiger partial charge in [-0.1, -0.05) is 61.0 Å². The standard InChI is InChI=1S/C29H29N3O4/c33-25(34)14-8-7-13-22-18-29(22,32-27(36)20-11-5-2-6-12-20)28-30-23-16-15-21(17-24(23)31-28)26(35)19-9-3-1-4-10-19/h1-6,9-12,15-17,22,26,35H,7-8,13-14,18H2,(H,30,31)(H,32,36)(H,33,34). The molecule has 3 unspecified atom stereocenters. The minimum atomic E-state index is -0.791. The lowest BCUT2D eigenvalue weighted by Crippen LogP contribution is -2.37. The van der Waals surface area contributed by atoms with E-state index in [0.717, 1.165) is 41.4 Å². The Morgan fingerprint density at radius 1 is 1.00 bits per heavy atom. The van der Waals surface area contributed by atoms with Gasteiger partial charge in [0.05, 0.1) is 11.0 Å². The molecule has 0 radical (unpaired) electrons. The number of nitrogens with one attached hydrogen (secondary N) is 2. The number of aromatic amines is 1. The van der Waals surface area contributed by atoms with Crippen LogP contribution in [0, 0.1) is 5.92 Å². The summed E-state index contributed by atoms with van der Waals surface area (Å²) in [6.07, 6.45) is 2.31. The minimum Gasteiger partial charge on any atom is -0.481 e. The molecule has 1 aliphatic rings. The summed E-state index contributed by atoms with van der Waals surface area (Å²) >= 11 is 0. The lowest BCUT2D eigenvalue weighted by atomic mass is 10.0. The van der Waals surface area contributed by atoms with Crippen LogP contribution in [0.5, 0.6) is 0 Å². The number of rotatable bonds is 10. The summed E-state index contributed by atoms with van der Waals surface area (Å²) in [5.74, 6) is -0.102. The first-order valence-electron chi connectivity index (χ1n) is 12.3. The van der Waals surface area contributed by atoms with E-state index in [4.69, 9.17) is 10.1 Å². The van der Waals surface area contributed by atoms with Crippen molar-refractivity contribution >= 4 is 22.9 Å². The molecule has 1 aliphatic carbocycles. The highest BCUT2D eigenvalue weighted by atomic mass is 16.4. The highest BCUT2D eigenvalue weighted by molar-refractivity contribution is 5.95. The van der Waals surface area contributed by atoms with E-state index < -0.39 is 17.6 Å². The first kappa shape index (κ1) is 23.8. The third-order valence-corrected chi connectivity index (χ3v) is 7.03. The number of aliphatic hydroxyl groups is 1. The van der Waals surface area contributed by atoms with E-state index in [9.17, 15) is 14.7 Å². The SMILES string of the molecule is O=C(O)CCCCC1CC1(NC(=O)c1ccccc1)c1nc2ccc(C(O)c3ccccc3)cc2[nH]1. The van der Waals surface area contributed by atoms with Gasteiger partial charge >= 0.3 is 5.97 Å². The number of hydrogen-bond donors (Lipinski definition) is 4. The molecular formula is C29H29N3O4. The molecule has 1 aromatic heterocycles. The molecule has 4 N–H and O–H groups in total. The summed E-state index contributed by atoms with van der Waals surface area (Å²) in [5, 5.41) is 23.0. The summed E-state index contributed by atoms with van der Waals surface area (Å²) in [5.41, 5.74) is 3.07. The topological polar surface area (TPSA) is 115 Å². The molecule has 184 valence electrons. The lowest BCUT2D eigenvalue weighted by molar-refractivity contribution is -0.137. The van der Waals surface area contributed by atoms with Crippen LogP contribution < -0.4 is 5.32 Å². The van der Waals surface area contributed by atoms with Gasteiger partial charge in [0.1, 0.15) is 17.5 Å². The quantitative estimate of drug-likeness (QED) is 0.239. The summed E-state index contributed by atoms with van der Waals surface area (Å²) in [6, 6.07) is 24.2. The third-order valence-electron chi connectivity index (χ3n) is 7.03. The summed E-state index contributed by atoms with van der Waals surface area (Å²) < 4.78 is 0. The highest BCUT2D eigenvalue weighted by Crippen LogP contribution is 2.54. The Morgan fingerprint density at radius 3 is 2.44 bits per heavy atom. The number of carboxylic acid groups (broad SMARTS) is 1. The van der Waals surface area contributed by atoms with Gasteiger partial charge in [-0.05, 0) is 60.6 Å². The van der Waals surface area contributed by atoms with E-state index in [-0.39, 0.29) is 18.2 Å². The molecule has 0 aliphatic heterocycles. The number of carboxylic acids is 1. The monoisotopic (exact) mass is 483 g/mol. The van der Waals surface area contributed by atoms with E-state index in [0.29, 0.717) is 17.8 Å². The first-order valence-corrected chi connectivity index (χ1v) is 12.3. The normalized spacial score (nSPS) is 19.6. The smallest absolute Gasteiger partial charge is 0.303 e. The van der Waals surface area contributed by atoms with Crippen LogP contribution in [0.15, 0.2) is 78.9 Å². The van der Waals surface area contributed by atoms with Crippen LogP contribution in [0.2, 0.25) is 0 Å². The number of benzene rings is 3. The van der Waals surface area contributed by atoms with Crippen molar-refractivity contribution in [2.24, 2.45) is 5.92 Å². The Morgan fingerprint density at radius 2 is 1.72 bits per heavy atom. The molecule has 36 heavy (non-hydrogen) atoms. The molecule has 0 spiro atoms. The third kappa shape index (κ3) is 4.88. The Bertz CT molecular complexity index is 1370. The van der Waals surface area contributed by atoms with Gasteiger partial charge in [-0.25, -0.2) is 4.98 Å². The second-order valence-electron chi connectivity index (χ2n) is 9.51. The molecule has 3 aromatic carbocycles. The molecule has 5 rings (SSSR count). The average molecular weight is 484 g/mol. The van der Waals surface area contributed by atoms with Crippen LogP contribution >= 0.6 is 0 Å². The van der Waals surface area contributed by atoms with Gasteiger partial charge in [0.2, 0.25) is 0 Å². The fourth-order valence-electron chi connectivity index (χ4n) is 4.95. The van der Waals surface area contributed by atoms with Crippen LogP contribution in [0.1, 0.15) is 65.5 Å². The molecule has 1 fully saturated rings. The zero-order valence-electron chi connectivity index (χ0n) is 19.9. The predicted octanol–water partition coefficient (Wildman–Crippen LogP) is 4.93. The fourth-order valence-corrected chi connectivity index (χ4v) is 4.95. The second kappa shape index (κ2) is 9.95. The molecule has 0 bridgehead atoms. The zero-order valence-corrected chi connectivity index (χ0v) is 19.9. The van der Waals surface area contributed by atoms with Gasteiger partial charge in [-0.15, -0.1) is 0 Å².